The molecule has 0 saturated carbocycles. The topological polar surface area (TPSA) is 58.4 Å². The largest absolute Gasteiger partial charge is 0.480 e. The van der Waals surface area contributed by atoms with E-state index in [4.69, 9.17) is 0 Å². The number of carboxylic acid groups (broad SMARTS) is 1. The fourth-order valence-electron chi connectivity index (χ4n) is 2.59. The first-order valence-corrected chi connectivity index (χ1v) is 6.11. The van der Waals surface area contributed by atoms with Gasteiger partial charge in [0.25, 0.3) is 0 Å². The molecule has 0 spiro atoms. The molecule has 1 aromatic heterocycles. The molecule has 0 amide bonds. The lowest BCUT2D eigenvalue weighted by Crippen LogP contribution is -2.50. The predicted octanol–water partition coefficient (Wildman–Crippen LogP) is 1.07. The molecule has 1 aliphatic heterocycles. The second-order valence-electron chi connectivity index (χ2n) is 4.74. The van der Waals surface area contributed by atoms with Gasteiger partial charge in [0.1, 0.15) is 6.04 Å². The maximum Gasteiger partial charge on any atom is 0.321 e. The van der Waals surface area contributed by atoms with Crippen molar-refractivity contribution in [1.82, 2.24) is 14.5 Å². The number of carboxylic acids is 1. The van der Waals surface area contributed by atoms with Gasteiger partial charge in [0, 0.05) is 25.5 Å². The van der Waals surface area contributed by atoms with E-state index >= 15 is 0 Å². The summed E-state index contributed by atoms with van der Waals surface area (Å²) in [6, 6.07) is -0.327. The summed E-state index contributed by atoms with van der Waals surface area (Å²) in [6.45, 7) is 4.49. The lowest BCUT2D eigenvalue weighted by atomic mass is 9.91. The number of likely N-dealkylation sites (tertiary alicyclic amines) is 1. The second kappa shape index (κ2) is 5.31. The summed E-state index contributed by atoms with van der Waals surface area (Å²) >= 11 is 0. The van der Waals surface area contributed by atoms with E-state index in [0.717, 1.165) is 32.5 Å². The second-order valence-corrected chi connectivity index (χ2v) is 4.74. The van der Waals surface area contributed by atoms with Gasteiger partial charge in [-0.25, -0.2) is 4.98 Å². The van der Waals surface area contributed by atoms with Crippen LogP contribution >= 0.6 is 0 Å². The number of aliphatic carboxylic acids is 1. The number of hydrogen-bond acceptors (Lipinski definition) is 3. The molecule has 1 aliphatic rings. The van der Waals surface area contributed by atoms with Crippen molar-refractivity contribution in [3.8, 4) is 0 Å². The van der Waals surface area contributed by atoms with Crippen LogP contribution in [-0.2, 0) is 11.3 Å². The third-order valence-corrected chi connectivity index (χ3v) is 3.49. The van der Waals surface area contributed by atoms with E-state index in [-0.39, 0.29) is 12.0 Å². The number of carbonyl (C=O) groups is 1. The molecule has 1 N–H and O–H groups in total. The zero-order valence-corrected chi connectivity index (χ0v) is 10.1. The standard InChI is InChI=1S/C12H19N3O2/c1-10-3-2-5-15(11(10)12(16)17)8-7-14-6-4-13-9-14/h4,6,9-11H,2-3,5,7-8H2,1H3,(H,16,17). The summed E-state index contributed by atoms with van der Waals surface area (Å²) in [5, 5.41) is 9.28. The van der Waals surface area contributed by atoms with Crippen LogP contribution < -0.4 is 0 Å². The molecule has 0 aromatic carbocycles. The third kappa shape index (κ3) is 2.85. The summed E-state index contributed by atoms with van der Waals surface area (Å²) < 4.78 is 1.98. The van der Waals surface area contributed by atoms with Gasteiger partial charge in [0.15, 0.2) is 0 Å². The van der Waals surface area contributed by atoms with Crippen LogP contribution in [0.25, 0.3) is 0 Å². The van der Waals surface area contributed by atoms with Gasteiger partial charge in [-0.2, -0.15) is 0 Å². The molecular weight excluding hydrogens is 218 g/mol. The summed E-state index contributed by atoms with van der Waals surface area (Å²) in [5.41, 5.74) is 0. The SMILES string of the molecule is CC1CCCN(CCn2ccnc2)C1C(=O)O. The summed E-state index contributed by atoms with van der Waals surface area (Å²) in [7, 11) is 0. The first kappa shape index (κ1) is 12.1. The molecule has 2 unspecified atom stereocenters. The fourth-order valence-corrected chi connectivity index (χ4v) is 2.59. The Morgan fingerprint density at radius 3 is 3.00 bits per heavy atom. The molecule has 0 radical (unpaired) electrons. The van der Waals surface area contributed by atoms with E-state index in [2.05, 4.69) is 9.88 Å². The average Bonchev–Trinajstić information content (AvgIpc) is 2.78. The van der Waals surface area contributed by atoms with Gasteiger partial charge in [-0.05, 0) is 25.3 Å². The minimum Gasteiger partial charge on any atom is -0.480 e. The van der Waals surface area contributed by atoms with E-state index in [1.807, 2.05) is 17.7 Å². The van der Waals surface area contributed by atoms with Gasteiger partial charge >= 0.3 is 5.97 Å². The maximum atomic E-state index is 11.3. The molecule has 0 aliphatic carbocycles. The smallest absolute Gasteiger partial charge is 0.321 e. The van der Waals surface area contributed by atoms with E-state index in [1.165, 1.54) is 0 Å². The Bertz CT molecular complexity index is 364. The van der Waals surface area contributed by atoms with Crippen LogP contribution in [0.5, 0.6) is 0 Å². The van der Waals surface area contributed by atoms with Crippen molar-refractivity contribution in [2.75, 3.05) is 13.1 Å². The van der Waals surface area contributed by atoms with Crippen molar-refractivity contribution >= 4 is 5.97 Å². The van der Waals surface area contributed by atoms with Crippen LogP contribution in [-0.4, -0.2) is 44.7 Å². The van der Waals surface area contributed by atoms with Gasteiger partial charge in [-0.1, -0.05) is 6.92 Å². The number of rotatable bonds is 4. The van der Waals surface area contributed by atoms with E-state index in [0.29, 0.717) is 0 Å². The average molecular weight is 237 g/mol. The molecule has 1 saturated heterocycles. The monoisotopic (exact) mass is 237 g/mol. The molecule has 17 heavy (non-hydrogen) atoms. The van der Waals surface area contributed by atoms with Crippen molar-refractivity contribution in [3.63, 3.8) is 0 Å². The first-order valence-electron chi connectivity index (χ1n) is 6.11. The van der Waals surface area contributed by atoms with Crippen LogP contribution in [0.15, 0.2) is 18.7 Å². The predicted molar refractivity (Wildman–Crippen MR) is 63.6 cm³/mol. The van der Waals surface area contributed by atoms with Gasteiger partial charge in [0.2, 0.25) is 0 Å². The number of piperidine rings is 1. The molecule has 1 fully saturated rings. The molecule has 2 atom stereocenters. The highest BCUT2D eigenvalue weighted by molar-refractivity contribution is 5.74. The molecule has 94 valence electrons. The number of hydrogen-bond donors (Lipinski definition) is 1. The van der Waals surface area contributed by atoms with Crippen molar-refractivity contribution in [2.24, 2.45) is 5.92 Å². The highest BCUT2D eigenvalue weighted by atomic mass is 16.4. The van der Waals surface area contributed by atoms with Crippen molar-refractivity contribution < 1.29 is 9.90 Å². The van der Waals surface area contributed by atoms with Crippen LogP contribution in [0.1, 0.15) is 19.8 Å². The zero-order valence-electron chi connectivity index (χ0n) is 10.1. The van der Waals surface area contributed by atoms with Crippen molar-refractivity contribution in [1.29, 1.82) is 0 Å². The Labute approximate surface area is 101 Å². The molecule has 2 rings (SSSR count). The van der Waals surface area contributed by atoms with E-state index in [9.17, 15) is 9.90 Å². The third-order valence-electron chi connectivity index (χ3n) is 3.49. The number of aromatic nitrogens is 2. The molecule has 5 heteroatoms. The maximum absolute atomic E-state index is 11.3. The van der Waals surface area contributed by atoms with Gasteiger partial charge < -0.3 is 9.67 Å². The first-order chi connectivity index (χ1) is 8.18. The van der Waals surface area contributed by atoms with Crippen LogP contribution in [0.4, 0.5) is 0 Å². The normalized spacial score (nSPS) is 25.9. The van der Waals surface area contributed by atoms with Gasteiger partial charge in [-0.3, -0.25) is 9.69 Å². The van der Waals surface area contributed by atoms with Gasteiger partial charge in [0.05, 0.1) is 6.33 Å². The molecule has 1 aromatic rings. The fraction of sp³-hybridized carbons (Fsp3) is 0.667. The highest BCUT2D eigenvalue weighted by Crippen LogP contribution is 2.23. The molecule has 0 bridgehead atoms. The lowest BCUT2D eigenvalue weighted by molar-refractivity contribution is -0.146. The number of nitrogens with zero attached hydrogens (tertiary/aromatic N) is 3. The Morgan fingerprint density at radius 2 is 2.35 bits per heavy atom. The Kier molecular flexibility index (Phi) is 3.78. The summed E-state index contributed by atoms with van der Waals surface area (Å²) in [6.07, 6.45) is 7.52. The van der Waals surface area contributed by atoms with E-state index < -0.39 is 5.97 Å². The minimum atomic E-state index is -0.692. The van der Waals surface area contributed by atoms with Crippen LogP contribution in [0, 0.1) is 5.92 Å². The summed E-state index contributed by atoms with van der Waals surface area (Å²) in [4.78, 5) is 17.3. The Hall–Kier alpha value is -1.36. The highest BCUT2D eigenvalue weighted by Gasteiger charge is 2.33. The molecular formula is C12H19N3O2. The Balaban J connectivity index is 1.95. The number of imidazole rings is 1. The van der Waals surface area contributed by atoms with Crippen molar-refractivity contribution in [2.45, 2.75) is 32.4 Å². The molecule has 2 heterocycles. The van der Waals surface area contributed by atoms with Gasteiger partial charge in [-0.15, -0.1) is 0 Å². The molecule has 5 nitrogen and oxygen atoms in total. The van der Waals surface area contributed by atoms with E-state index in [1.54, 1.807) is 12.5 Å². The Morgan fingerprint density at radius 1 is 1.53 bits per heavy atom. The van der Waals surface area contributed by atoms with Crippen molar-refractivity contribution in [3.05, 3.63) is 18.7 Å². The minimum absolute atomic E-state index is 0.240. The lowest BCUT2D eigenvalue weighted by Gasteiger charge is -2.37. The van der Waals surface area contributed by atoms with Crippen LogP contribution in [0.2, 0.25) is 0 Å². The van der Waals surface area contributed by atoms with Crippen LogP contribution in [0.3, 0.4) is 0 Å². The summed E-state index contributed by atoms with van der Waals surface area (Å²) in [5.74, 6) is -0.452. The quantitative estimate of drug-likeness (QED) is 0.851. The zero-order chi connectivity index (χ0) is 12.3.